The maximum Gasteiger partial charge on any atom is 0.416 e. The molecule has 1 aliphatic heterocycles. The molecule has 1 aliphatic rings. The van der Waals surface area contributed by atoms with E-state index in [0.717, 1.165) is 18.6 Å². The van der Waals surface area contributed by atoms with E-state index in [0.29, 0.717) is 24.7 Å². The maximum atomic E-state index is 12.4. The van der Waals surface area contributed by atoms with Gasteiger partial charge in [-0.3, -0.25) is 0 Å². The fourth-order valence-electron chi connectivity index (χ4n) is 2.51. The second-order valence-corrected chi connectivity index (χ2v) is 5.51. The summed E-state index contributed by atoms with van der Waals surface area (Å²) in [5.74, 6) is 0.312. The number of nitrogens with one attached hydrogen (secondary N) is 1. The predicted octanol–water partition coefficient (Wildman–Crippen LogP) is 2.91. The predicted molar refractivity (Wildman–Crippen MR) is 73.8 cm³/mol. The zero-order chi connectivity index (χ0) is 15.6. The molecule has 0 saturated carbocycles. The third-order valence-electron chi connectivity index (χ3n) is 3.44. The molecule has 0 spiro atoms. The second-order valence-electron chi connectivity index (χ2n) is 5.51. The summed E-state index contributed by atoms with van der Waals surface area (Å²) in [4.78, 5) is 13.7. The Labute approximate surface area is 121 Å². The number of hydrogen-bond donors (Lipinski definition) is 2. The van der Waals surface area contributed by atoms with Gasteiger partial charge in [0.25, 0.3) is 0 Å². The smallest absolute Gasteiger partial charge is 0.326 e. The Hall–Kier alpha value is -1.76. The molecular weight excluding hydrogens is 283 g/mol. The standard InChI is InChI=1S/C14H18F3N3O/c1-9-6-11(18)8-20(7-9)13(21)19-12-4-2-10(3-5-12)14(15,16)17/h2-5,9,11H,6-8,18H2,1H3,(H,19,21). The van der Waals surface area contributed by atoms with Crippen LogP contribution in [0.4, 0.5) is 23.7 Å². The molecule has 1 heterocycles. The topological polar surface area (TPSA) is 58.4 Å². The van der Waals surface area contributed by atoms with Crippen molar-refractivity contribution in [2.75, 3.05) is 18.4 Å². The van der Waals surface area contributed by atoms with Gasteiger partial charge in [-0.15, -0.1) is 0 Å². The molecule has 4 nitrogen and oxygen atoms in total. The molecule has 1 saturated heterocycles. The molecule has 2 rings (SSSR count). The van der Waals surface area contributed by atoms with E-state index >= 15 is 0 Å². The van der Waals surface area contributed by atoms with Crippen molar-refractivity contribution in [1.29, 1.82) is 0 Å². The van der Waals surface area contributed by atoms with Crippen LogP contribution in [0.2, 0.25) is 0 Å². The van der Waals surface area contributed by atoms with Crippen LogP contribution in [-0.4, -0.2) is 30.1 Å². The van der Waals surface area contributed by atoms with E-state index in [-0.39, 0.29) is 12.1 Å². The fraction of sp³-hybridized carbons (Fsp3) is 0.500. The van der Waals surface area contributed by atoms with Crippen molar-refractivity contribution in [3.05, 3.63) is 29.8 Å². The zero-order valence-electron chi connectivity index (χ0n) is 11.7. The Morgan fingerprint density at radius 1 is 1.29 bits per heavy atom. The number of carbonyl (C=O) groups excluding carboxylic acids is 1. The van der Waals surface area contributed by atoms with Gasteiger partial charge in [0, 0.05) is 24.8 Å². The molecule has 21 heavy (non-hydrogen) atoms. The molecule has 2 unspecified atom stereocenters. The number of piperidine rings is 1. The van der Waals surface area contributed by atoms with Gasteiger partial charge in [-0.05, 0) is 36.6 Å². The zero-order valence-corrected chi connectivity index (χ0v) is 11.7. The lowest BCUT2D eigenvalue weighted by Gasteiger charge is -2.34. The van der Waals surface area contributed by atoms with Crippen molar-refractivity contribution in [1.82, 2.24) is 4.90 Å². The van der Waals surface area contributed by atoms with E-state index < -0.39 is 11.7 Å². The van der Waals surface area contributed by atoms with Crippen molar-refractivity contribution in [3.8, 4) is 0 Å². The number of hydrogen-bond acceptors (Lipinski definition) is 2. The summed E-state index contributed by atoms with van der Waals surface area (Å²) in [7, 11) is 0. The first-order valence-electron chi connectivity index (χ1n) is 6.74. The third-order valence-corrected chi connectivity index (χ3v) is 3.44. The van der Waals surface area contributed by atoms with Crippen LogP contribution in [0.5, 0.6) is 0 Å². The normalized spacial score (nSPS) is 23.0. The number of urea groups is 1. The number of halogens is 3. The quantitative estimate of drug-likeness (QED) is 0.838. The number of nitrogens with two attached hydrogens (primary N) is 1. The molecule has 1 fully saturated rings. The molecule has 0 aromatic heterocycles. The van der Waals surface area contributed by atoms with Crippen LogP contribution in [0.25, 0.3) is 0 Å². The number of rotatable bonds is 1. The molecular formula is C14H18F3N3O. The molecule has 7 heteroatoms. The van der Waals surface area contributed by atoms with Crippen LogP contribution < -0.4 is 11.1 Å². The minimum absolute atomic E-state index is 0.0629. The van der Waals surface area contributed by atoms with Crippen LogP contribution in [0.15, 0.2) is 24.3 Å². The lowest BCUT2D eigenvalue weighted by molar-refractivity contribution is -0.137. The van der Waals surface area contributed by atoms with Crippen LogP contribution in [-0.2, 0) is 6.18 Å². The molecule has 1 aromatic rings. The molecule has 0 bridgehead atoms. The van der Waals surface area contributed by atoms with E-state index in [4.69, 9.17) is 5.73 Å². The van der Waals surface area contributed by atoms with Gasteiger partial charge in [0.15, 0.2) is 0 Å². The lowest BCUT2D eigenvalue weighted by Crippen LogP contribution is -2.50. The van der Waals surface area contributed by atoms with Crippen LogP contribution >= 0.6 is 0 Å². The van der Waals surface area contributed by atoms with Gasteiger partial charge >= 0.3 is 12.2 Å². The van der Waals surface area contributed by atoms with Crippen molar-refractivity contribution in [3.63, 3.8) is 0 Å². The van der Waals surface area contributed by atoms with Crippen LogP contribution in [0.3, 0.4) is 0 Å². The van der Waals surface area contributed by atoms with E-state index in [1.807, 2.05) is 6.92 Å². The summed E-state index contributed by atoms with van der Waals surface area (Å²) < 4.78 is 37.3. The van der Waals surface area contributed by atoms with Gasteiger partial charge < -0.3 is 16.0 Å². The Bertz CT molecular complexity index is 491. The molecule has 1 aromatic carbocycles. The van der Waals surface area contributed by atoms with E-state index in [2.05, 4.69) is 5.32 Å². The number of carbonyl (C=O) groups is 1. The first-order chi connectivity index (χ1) is 9.75. The first kappa shape index (κ1) is 15.6. The van der Waals surface area contributed by atoms with Crippen molar-refractivity contribution in [2.45, 2.75) is 25.6 Å². The summed E-state index contributed by atoms with van der Waals surface area (Å²) >= 11 is 0. The summed E-state index contributed by atoms with van der Waals surface area (Å²) in [6, 6.07) is 3.98. The number of amides is 2. The molecule has 2 amide bonds. The minimum Gasteiger partial charge on any atom is -0.326 e. The van der Waals surface area contributed by atoms with Gasteiger partial charge in [0.1, 0.15) is 0 Å². The highest BCUT2D eigenvalue weighted by Crippen LogP contribution is 2.29. The summed E-state index contributed by atoms with van der Waals surface area (Å²) in [6.07, 6.45) is -3.51. The highest BCUT2D eigenvalue weighted by Gasteiger charge is 2.30. The van der Waals surface area contributed by atoms with Gasteiger partial charge in [0.05, 0.1) is 5.56 Å². The molecule has 0 aliphatic carbocycles. The largest absolute Gasteiger partial charge is 0.416 e. The Morgan fingerprint density at radius 3 is 2.43 bits per heavy atom. The molecule has 3 N–H and O–H groups in total. The Balaban J connectivity index is 1.99. The number of nitrogens with zero attached hydrogens (tertiary/aromatic N) is 1. The Morgan fingerprint density at radius 2 is 1.90 bits per heavy atom. The third kappa shape index (κ3) is 4.10. The summed E-state index contributed by atoms with van der Waals surface area (Å²) in [6.45, 7) is 3.06. The van der Waals surface area contributed by atoms with Crippen LogP contribution in [0, 0.1) is 5.92 Å². The molecule has 2 atom stereocenters. The van der Waals surface area contributed by atoms with Crippen molar-refractivity contribution in [2.24, 2.45) is 11.7 Å². The van der Waals surface area contributed by atoms with Gasteiger partial charge in [0.2, 0.25) is 0 Å². The van der Waals surface area contributed by atoms with E-state index in [1.54, 1.807) is 4.90 Å². The van der Waals surface area contributed by atoms with Gasteiger partial charge in [-0.2, -0.15) is 13.2 Å². The SMILES string of the molecule is CC1CC(N)CN(C(=O)Nc2ccc(C(F)(F)F)cc2)C1. The second kappa shape index (κ2) is 5.93. The lowest BCUT2D eigenvalue weighted by atomic mass is 9.97. The van der Waals surface area contributed by atoms with Gasteiger partial charge in [-0.1, -0.05) is 6.92 Å². The highest BCUT2D eigenvalue weighted by molar-refractivity contribution is 5.89. The molecule has 0 radical (unpaired) electrons. The van der Waals surface area contributed by atoms with E-state index in [9.17, 15) is 18.0 Å². The number of alkyl halides is 3. The minimum atomic E-state index is -4.38. The van der Waals surface area contributed by atoms with Crippen molar-refractivity contribution < 1.29 is 18.0 Å². The van der Waals surface area contributed by atoms with Crippen LogP contribution in [0.1, 0.15) is 18.9 Å². The maximum absolute atomic E-state index is 12.4. The highest BCUT2D eigenvalue weighted by atomic mass is 19.4. The average molecular weight is 301 g/mol. The van der Waals surface area contributed by atoms with E-state index in [1.165, 1.54) is 12.1 Å². The monoisotopic (exact) mass is 301 g/mol. The average Bonchev–Trinajstić information content (AvgIpc) is 2.37. The fourth-order valence-corrected chi connectivity index (χ4v) is 2.51. The first-order valence-corrected chi connectivity index (χ1v) is 6.74. The molecule has 116 valence electrons. The summed E-state index contributed by atoms with van der Waals surface area (Å²) in [5.41, 5.74) is 5.46. The Kier molecular flexibility index (Phi) is 4.41. The number of anilines is 1. The van der Waals surface area contributed by atoms with Crippen molar-refractivity contribution >= 4 is 11.7 Å². The summed E-state index contributed by atoms with van der Waals surface area (Å²) in [5, 5.41) is 2.60. The number of likely N-dealkylation sites (tertiary alicyclic amines) is 1. The number of benzene rings is 1. The van der Waals surface area contributed by atoms with Gasteiger partial charge in [-0.25, -0.2) is 4.79 Å².